The second-order valence-electron chi connectivity index (χ2n) is 5.88. The van der Waals surface area contributed by atoms with Crippen molar-refractivity contribution >= 4 is 29.8 Å². The van der Waals surface area contributed by atoms with Crippen molar-refractivity contribution in [2.75, 3.05) is 23.4 Å². The number of carbonyl (C=O) groups is 1. The number of hydrazone groups is 1. The van der Waals surface area contributed by atoms with Gasteiger partial charge in [0.15, 0.2) is 5.84 Å². The third-order valence-corrected chi connectivity index (χ3v) is 4.30. The van der Waals surface area contributed by atoms with Crippen LogP contribution in [0.1, 0.15) is 0 Å². The number of nitrogens with one attached hydrogen (secondary N) is 2. The van der Waals surface area contributed by atoms with Crippen LogP contribution in [0.2, 0.25) is 12.6 Å². The van der Waals surface area contributed by atoms with Gasteiger partial charge >= 0.3 is 0 Å². The second kappa shape index (κ2) is 5.16. The molecule has 3 aliphatic rings. The number of anilines is 2. The minimum absolute atomic E-state index is 0.0426. The van der Waals surface area contributed by atoms with Gasteiger partial charge in [-0.05, 0) is 18.7 Å². The summed E-state index contributed by atoms with van der Waals surface area (Å²) in [6.07, 6.45) is 1.42. The summed E-state index contributed by atoms with van der Waals surface area (Å²) >= 11 is 0. The van der Waals surface area contributed by atoms with Crippen molar-refractivity contribution in [1.82, 2.24) is 5.43 Å². The topological polar surface area (TPSA) is 89.7 Å². The molecule has 0 spiro atoms. The summed E-state index contributed by atoms with van der Waals surface area (Å²) in [5.74, 6) is 2.54. The smallest absolute Gasteiger partial charge is 0.271 e. The Morgan fingerprint density at radius 3 is 3.13 bits per heavy atom. The first-order valence-electron chi connectivity index (χ1n) is 7.39. The predicted octanol–water partition coefficient (Wildman–Crippen LogP) is 0.819. The maximum Gasteiger partial charge on any atom is 0.271 e. The Labute approximate surface area is 132 Å². The monoisotopic (exact) mass is 313 g/mol. The van der Waals surface area contributed by atoms with Crippen LogP contribution in [0, 0.1) is 17.0 Å². The van der Waals surface area contributed by atoms with E-state index in [4.69, 9.17) is 10.00 Å². The van der Waals surface area contributed by atoms with Gasteiger partial charge in [0.2, 0.25) is 0 Å². The van der Waals surface area contributed by atoms with Gasteiger partial charge in [-0.25, -0.2) is 15.1 Å². The van der Waals surface area contributed by atoms with Gasteiger partial charge in [-0.2, -0.15) is 5.10 Å². The van der Waals surface area contributed by atoms with E-state index in [2.05, 4.69) is 21.8 Å². The Kier molecular flexibility index (Phi) is 3.11. The van der Waals surface area contributed by atoms with Crippen molar-refractivity contribution in [1.29, 1.82) is 5.26 Å². The van der Waals surface area contributed by atoms with Crippen LogP contribution in [0.25, 0.3) is 0 Å². The van der Waals surface area contributed by atoms with E-state index in [0.717, 1.165) is 0 Å². The SMILES string of the molecule is N#CB1CC(Nc2cc3c(cc2F)OCC2=NNC(=O)CN23)C1. The third-order valence-electron chi connectivity index (χ3n) is 4.30. The summed E-state index contributed by atoms with van der Waals surface area (Å²) in [5.41, 5.74) is 3.37. The number of halogens is 1. The number of benzene rings is 1. The number of amides is 1. The molecule has 0 atom stereocenters. The van der Waals surface area contributed by atoms with Crippen molar-refractivity contribution in [3.63, 3.8) is 0 Å². The molecule has 9 heteroatoms. The van der Waals surface area contributed by atoms with E-state index in [9.17, 15) is 9.18 Å². The molecule has 0 unspecified atom stereocenters. The molecule has 0 aromatic heterocycles. The molecule has 23 heavy (non-hydrogen) atoms. The summed E-state index contributed by atoms with van der Waals surface area (Å²) in [6, 6.07) is 3.05. The molecule has 0 bridgehead atoms. The van der Waals surface area contributed by atoms with Crippen molar-refractivity contribution < 1.29 is 13.9 Å². The molecule has 1 fully saturated rings. The molecule has 7 nitrogen and oxygen atoms in total. The van der Waals surface area contributed by atoms with Gasteiger partial charge in [-0.3, -0.25) is 4.79 Å². The molecule has 4 rings (SSSR count). The molecule has 3 aliphatic heterocycles. The maximum atomic E-state index is 14.2. The molecule has 1 aromatic carbocycles. The Morgan fingerprint density at radius 2 is 2.35 bits per heavy atom. The lowest BCUT2D eigenvalue weighted by atomic mass is 9.34. The predicted molar refractivity (Wildman–Crippen MR) is 83.2 cm³/mol. The van der Waals surface area contributed by atoms with E-state index in [1.165, 1.54) is 6.07 Å². The number of fused-ring (bicyclic) bond motifs is 3. The summed E-state index contributed by atoms with van der Waals surface area (Å²) in [6.45, 7) is 0.354. The molecule has 0 radical (unpaired) electrons. The number of amidine groups is 1. The summed E-state index contributed by atoms with van der Waals surface area (Å²) in [7, 11) is 0. The molecule has 2 N–H and O–H groups in total. The molecule has 1 aromatic rings. The molecule has 116 valence electrons. The fourth-order valence-corrected chi connectivity index (χ4v) is 2.98. The van der Waals surface area contributed by atoms with Crippen LogP contribution in [-0.2, 0) is 4.79 Å². The molecule has 1 saturated heterocycles. The summed E-state index contributed by atoms with van der Waals surface area (Å²) in [5, 5.41) is 15.9. The van der Waals surface area contributed by atoms with E-state index in [0.29, 0.717) is 35.6 Å². The second-order valence-corrected chi connectivity index (χ2v) is 5.88. The average molecular weight is 313 g/mol. The highest BCUT2D eigenvalue weighted by molar-refractivity contribution is 6.70. The Hall–Kier alpha value is -2.76. The molecular formula is C14H13BFN5O2. The number of rotatable bonds is 2. The van der Waals surface area contributed by atoms with Gasteiger partial charge in [0.25, 0.3) is 12.6 Å². The number of nitrogens with zero attached hydrogens (tertiary/aromatic N) is 3. The van der Waals surface area contributed by atoms with Crippen molar-refractivity contribution in [2.24, 2.45) is 5.10 Å². The average Bonchev–Trinajstić information content (AvgIpc) is 2.50. The first-order valence-corrected chi connectivity index (χ1v) is 7.39. The van der Waals surface area contributed by atoms with Gasteiger partial charge in [-0.15, -0.1) is 0 Å². The minimum Gasteiger partial charge on any atom is -0.483 e. The normalized spacial score (nSPS) is 19.5. The van der Waals surface area contributed by atoms with Gasteiger partial charge in [-0.1, -0.05) is 0 Å². The molecule has 0 saturated carbocycles. The van der Waals surface area contributed by atoms with E-state index in [1.54, 1.807) is 11.0 Å². The zero-order valence-electron chi connectivity index (χ0n) is 12.2. The maximum absolute atomic E-state index is 14.2. The zero-order chi connectivity index (χ0) is 16.0. The summed E-state index contributed by atoms with van der Waals surface area (Å²) in [4.78, 5) is 13.3. The minimum atomic E-state index is -0.411. The van der Waals surface area contributed by atoms with Crippen LogP contribution in [0.15, 0.2) is 17.2 Å². The van der Waals surface area contributed by atoms with Gasteiger partial charge in [0.1, 0.15) is 24.7 Å². The van der Waals surface area contributed by atoms with E-state index >= 15 is 0 Å². The van der Waals surface area contributed by atoms with E-state index in [1.807, 2.05) is 0 Å². The number of hydrogen-bond donors (Lipinski definition) is 2. The number of ether oxygens (including phenoxy) is 1. The fraction of sp³-hybridized carbons (Fsp3) is 0.357. The standard InChI is InChI=1S/C14H13BFN5O2/c16-9-1-12-11(2-10(9)18-8-3-15(4-8)7-17)21-5-14(22)20-19-13(21)6-23-12/h1-2,8,18H,3-6H2,(H,20,22). The van der Waals surface area contributed by atoms with Crippen LogP contribution in [0.4, 0.5) is 15.8 Å². The summed E-state index contributed by atoms with van der Waals surface area (Å²) < 4.78 is 19.8. The lowest BCUT2D eigenvalue weighted by Gasteiger charge is -2.35. The lowest BCUT2D eigenvalue weighted by Crippen LogP contribution is -2.49. The molecule has 0 aliphatic carbocycles. The third kappa shape index (κ3) is 2.36. The largest absolute Gasteiger partial charge is 0.483 e. The van der Waals surface area contributed by atoms with Crippen LogP contribution >= 0.6 is 0 Å². The Bertz CT molecular complexity index is 756. The molecule has 1 amide bonds. The van der Waals surface area contributed by atoms with Crippen LogP contribution in [-0.4, -0.2) is 37.6 Å². The van der Waals surface area contributed by atoms with E-state index in [-0.39, 0.29) is 31.8 Å². The number of nitriles is 1. The van der Waals surface area contributed by atoms with Gasteiger partial charge < -0.3 is 15.0 Å². The highest BCUT2D eigenvalue weighted by Gasteiger charge is 2.34. The fourth-order valence-electron chi connectivity index (χ4n) is 2.98. The highest BCUT2D eigenvalue weighted by Crippen LogP contribution is 2.38. The zero-order valence-corrected chi connectivity index (χ0v) is 12.2. The van der Waals surface area contributed by atoms with Crippen molar-refractivity contribution in [3.8, 4) is 11.7 Å². The Balaban J connectivity index is 1.62. The van der Waals surface area contributed by atoms with Crippen LogP contribution in [0.3, 0.4) is 0 Å². The number of carbonyl (C=O) groups excluding carboxylic acids is 1. The van der Waals surface area contributed by atoms with E-state index < -0.39 is 5.82 Å². The lowest BCUT2D eigenvalue weighted by molar-refractivity contribution is -0.119. The number of hydrogen-bond acceptors (Lipinski definition) is 6. The van der Waals surface area contributed by atoms with Gasteiger partial charge in [0.05, 0.1) is 11.4 Å². The first kappa shape index (κ1) is 13.9. The molecule has 3 heterocycles. The quantitative estimate of drug-likeness (QED) is 0.789. The van der Waals surface area contributed by atoms with Crippen molar-refractivity contribution in [3.05, 3.63) is 17.9 Å². The molecular weight excluding hydrogens is 300 g/mol. The van der Waals surface area contributed by atoms with Crippen molar-refractivity contribution in [2.45, 2.75) is 18.7 Å². The van der Waals surface area contributed by atoms with Gasteiger partial charge in [0, 0.05) is 18.1 Å². The van der Waals surface area contributed by atoms with Crippen LogP contribution in [0.5, 0.6) is 5.75 Å². The highest BCUT2D eigenvalue weighted by atomic mass is 19.1. The first-order chi connectivity index (χ1) is 11.1. The van der Waals surface area contributed by atoms with Crippen LogP contribution < -0.4 is 20.4 Å². The Morgan fingerprint density at radius 1 is 1.52 bits per heavy atom.